The Hall–Kier alpha value is -3.57. The molecule has 6 nitrogen and oxygen atoms in total. The molecule has 168 valence electrons. The van der Waals surface area contributed by atoms with Gasteiger partial charge in [0.1, 0.15) is 5.82 Å². The molecule has 0 bridgehead atoms. The van der Waals surface area contributed by atoms with Gasteiger partial charge in [-0.3, -0.25) is 0 Å². The third-order valence-electron chi connectivity index (χ3n) is 4.27. The Bertz CT molecular complexity index is 1130. The SMILES string of the molecule is FC(F)(F)COc1nc(Cc2ccc3c(c2)OCO3)nc(-c2cccc(C(F)(F)F)c2)n1. The maximum Gasteiger partial charge on any atom is 0.422 e. The number of aromatic nitrogens is 3. The van der Waals surface area contributed by atoms with Gasteiger partial charge in [0.2, 0.25) is 6.79 Å². The first-order valence-electron chi connectivity index (χ1n) is 9.07. The van der Waals surface area contributed by atoms with Crippen molar-refractivity contribution < 1.29 is 40.6 Å². The molecule has 2 aromatic carbocycles. The second-order valence-corrected chi connectivity index (χ2v) is 6.70. The number of halogens is 6. The molecule has 1 aromatic heterocycles. The summed E-state index contributed by atoms with van der Waals surface area (Å²) in [6.45, 7) is -1.61. The second-order valence-electron chi connectivity index (χ2n) is 6.70. The van der Waals surface area contributed by atoms with Crippen LogP contribution in [0.5, 0.6) is 17.5 Å². The molecule has 0 spiro atoms. The number of hydrogen-bond acceptors (Lipinski definition) is 6. The third-order valence-corrected chi connectivity index (χ3v) is 4.27. The van der Waals surface area contributed by atoms with Crippen molar-refractivity contribution in [2.75, 3.05) is 13.4 Å². The van der Waals surface area contributed by atoms with E-state index in [1.165, 1.54) is 6.07 Å². The highest BCUT2D eigenvalue weighted by molar-refractivity contribution is 5.56. The average molecular weight is 457 g/mol. The Labute approximate surface area is 176 Å². The van der Waals surface area contributed by atoms with E-state index in [4.69, 9.17) is 9.47 Å². The van der Waals surface area contributed by atoms with E-state index in [-0.39, 0.29) is 30.4 Å². The van der Waals surface area contributed by atoms with Gasteiger partial charge in [0, 0.05) is 12.0 Å². The van der Waals surface area contributed by atoms with E-state index in [2.05, 4.69) is 19.7 Å². The highest BCUT2D eigenvalue weighted by Crippen LogP contribution is 2.34. The monoisotopic (exact) mass is 457 g/mol. The number of rotatable bonds is 5. The van der Waals surface area contributed by atoms with E-state index in [0.717, 1.165) is 18.2 Å². The molecule has 0 atom stereocenters. The van der Waals surface area contributed by atoms with Crippen LogP contribution in [0.1, 0.15) is 17.0 Å². The van der Waals surface area contributed by atoms with Gasteiger partial charge in [-0.15, -0.1) is 0 Å². The van der Waals surface area contributed by atoms with Crippen LogP contribution >= 0.6 is 0 Å². The van der Waals surface area contributed by atoms with E-state index in [1.54, 1.807) is 18.2 Å². The highest BCUT2D eigenvalue weighted by atomic mass is 19.4. The Balaban J connectivity index is 1.69. The summed E-state index contributed by atoms with van der Waals surface area (Å²) in [6.07, 6.45) is -9.23. The van der Waals surface area contributed by atoms with E-state index in [1.807, 2.05) is 0 Å². The van der Waals surface area contributed by atoms with E-state index in [9.17, 15) is 26.3 Å². The van der Waals surface area contributed by atoms with E-state index in [0.29, 0.717) is 17.1 Å². The fourth-order valence-electron chi connectivity index (χ4n) is 2.89. The van der Waals surface area contributed by atoms with Crippen molar-refractivity contribution in [2.45, 2.75) is 18.8 Å². The highest BCUT2D eigenvalue weighted by Gasteiger charge is 2.31. The number of ether oxygens (including phenoxy) is 3. The fourth-order valence-corrected chi connectivity index (χ4v) is 2.89. The molecule has 32 heavy (non-hydrogen) atoms. The molecule has 0 N–H and O–H groups in total. The van der Waals surface area contributed by atoms with Crippen LogP contribution in [0.2, 0.25) is 0 Å². The summed E-state index contributed by atoms with van der Waals surface area (Å²) in [4.78, 5) is 11.8. The van der Waals surface area contributed by atoms with Crippen LogP contribution in [-0.4, -0.2) is 34.5 Å². The topological polar surface area (TPSA) is 66.4 Å². The van der Waals surface area contributed by atoms with Crippen molar-refractivity contribution in [1.29, 1.82) is 0 Å². The van der Waals surface area contributed by atoms with Crippen molar-refractivity contribution >= 4 is 0 Å². The lowest BCUT2D eigenvalue weighted by atomic mass is 10.1. The summed E-state index contributed by atoms with van der Waals surface area (Å²) in [7, 11) is 0. The van der Waals surface area contributed by atoms with Crippen molar-refractivity contribution in [3.8, 4) is 28.9 Å². The van der Waals surface area contributed by atoms with Crippen molar-refractivity contribution in [3.05, 3.63) is 59.4 Å². The predicted molar refractivity (Wildman–Crippen MR) is 97.2 cm³/mol. The normalized spacial score (nSPS) is 13.3. The lowest BCUT2D eigenvalue weighted by Gasteiger charge is -2.12. The molecule has 1 aliphatic heterocycles. The van der Waals surface area contributed by atoms with Crippen LogP contribution in [0.15, 0.2) is 42.5 Å². The maximum absolute atomic E-state index is 13.1. The molecule has 2 heterocycles. The molecule has 0 fully saturated rings. The van der Waals surface area contributed by atoms with E-state index >= 15 is 0 Å². The predicted octanol–water partition coefficient (Wildman–Crippen LogP) is 4.82. The van der Waals surface area contributed by atoms with Gasteiger partial charge in [0.25, 0.3) is 0 Å². The molecule has 1 aliphatic rings. The lowest BCUT2D eigenvalue weighted by molar-refractivity contribution is -0.154. The maximum atomic E-state index is 13.1. The molecule has 0 saturated heterocycles. The summed E-state index contributed by atoms with van der Waals surface area (Å²) >= 11 is 0. The van der Waals surface area contributed by atoms with Crippen LogP contribution < -0.4 is 14.2 Å². The number of alkyl halides is 6. The second kappa shape index (κ2) is 8.17. The smallest absolute Gasteiger partial charge is 0.422 e. The van der Waals surface area contributed by atoms with Crippen molar-refractivity contribution in [1.82, 2.24) is 15.0 Å². The zero-order valence-corrected chi connectivity index (χ0v) is 16.0. The van der Waals surface area contributed by atoms with Gasteiger partial charge in [0.05, 0.1) is 5.56 Å². The number of nitrogens with zero attached hydrogens (tertiary/aromatic N) is 3. The minimum absolute atomic E-state index is 0.00320. The zero-order valence-electron chi connectivity index (χ0n) is 16.0. The summed E-state index contributed by atoms with van der Waals surface area (Å²) in [5.74, 6) is 0.758. The first-order chi connectivity index (χ1) is 15.1. The molecule has 0 aliphatic carbocycles. The Morgan fingerprint density at radius 2 is 1.66 bits per heavy atom. The zero-order chi connectivity index (χ0) is 22.9. The van der Waals surface area contributed by atoms with Gasteiger partial charge in [-0.2, -0.15) is 36.3 Å². The average Bonchev–Trinajstić information content (AvgIpc) is 3.19. The van der Waals surface area contributed by atoms with Gasteiger partial charge in [0.15, 0.2) is 23.9 Å². The van der Waals surface area contributed by atoms with Crippen molar-refractivity contribution in [3.63, 3.8) is 0 Å². The van der Waals surface area contributed by atoms with Gasteiger partial charge >= 0.3 is 18.4 Å². The number of hydrogen-bond donors (Lipinski definition) is 0. The Morgan fingerprint density at radius 3 is 2.41 bits per heavy atom. The molecule has 0 saturated carbocycles. The number of fused-ring (bicyclic) bond motifs is 1. The number of benzene rings is 2. The molecular weight excluding hydrogens is 444 g/mol. The van der Waals surface area contributed by atoms with Crippen molar-refractivity contribution in [2.24, 2.45) is 0 Å². The summed E-state index contributed by atoms with van der Waals surface area (Å²) in [6, 6.07) is 8.43. The van der Waals surface area contributed by atoms with Crippen LogP contribution in [0, 0.1) is 0 Å². The molecule has 3 aromatic rings. The van der Waals surface area contributed by atoms with Gasteiger partial charge in [-0.25, -0.2) is 4.98 Å². The fraction of sp³-hybridized carbons (Fsp3) is 0.250. The summed E-state index contributed by atoms with van der Waals surface area (Å²) in [5, 5.41) is 0. The Kier molecular flexibility index (Phi) is 5.53. The largest absolute Gasteiger partial charge is 0.454 e. The quantitative estimate of drug-likeness (QED) is 0.512. The van der Waals surface area contributed by atoms with Crippen LogP contribution in [0.3, 0.4) is 0 Å². The molecule has 4 rings (SSSR count). The minimum atomic E-state index is -4.65. The molecule has 0 amide bonds. The van der Waals surface area contributed by atoms with Crippen LogP contribution in [0.25, 0.3) is 11.4 Å². The molecule has 12 heteroatoms. The summed E-state index contributed by atoms with van der Waals surface area (Å²) < 4.78 is 92.1. The van der Waals surface area contributed by atoms with E-state index < -0.39 is 30.5 Å². The van der Waals surface area contributed by atoms with Gasteiger partial charge < -0.3 is 14.2 Å². The minimum Gasteiger partial charge on any atom is -0.454 e. The molecule has 0 radical (unpaired) electrons. The molecule has 0 unspecified atom stereocenters. The summed E-state index contributed by atoms with van der Waals surface area (Å²) in [5.41, 5.74) is -0.367. The van der Waals surface area contributed by atoms with Gasteiger partial charge in [-0.1, -0.05) is 18.2 Å². The first-order valence-corrected chi connectivity index (χ1v) is 9.07. The first kappa shape index (κ1) is 21.7. The lowest BCUT2D eigenvalue weighted by Crippen LogP contribution is -2.20. The van der Waals surface area contributed by atoms with Gasteiger partial charge in [-0.05, 0) is 29.8 Å². The van der Waals surface area contributed by atoms with Crippen LogP contribution in [-0.2, 0) is 12.6 Å². The molecular formula is C20H13F6N3O3. The third kappa shape index (κ3) is 5.18. The standard InChI is InChI=1S/C20H13F6N3O3/c21-19(22,23)9-30-18-28-16(7-11-4-5-14-15(6-11)32-10-31-14)27-17(29-18)12-2-1-3-13(8-12)20(24,25)26/h1-6,8H,7,9-10H2. The van der Waals surface area contributed by atoms with Crippen LogP contribution in [0.4, 0.5) is 26.3 Å². The Morgan fingerprint density at radius 1 is 0.875 bits per heavy atom.